The van der Waals surface area contributed by atoms with Crippen LogP contribution in [-0.4, -0.2) is 35.2 Å². The molecule has 0 unspecified atom stereocenters. The topological polar surface area (TPSA) is 53.7 Å². The van der Waals surface area contributed by atoms with E-state index in [-0.39, 0.29) is 18.8 Å². The van der Waals surface area contributed by atoms with E-state index in [1.807, 2.05) is 0 Å². The van der Waals surface area contributed by atoms with Gasteiger partial charge < -0.3 is 9.52 Å². The summed E-state index contributed by atoms with van der Waals surface area (Å²) in [6.45, 7) is 2.34. The van der Waals surface area contributed by atoms with Crippen LogP contribution in [-0.2, 0) is 6.54 Å². The molecule has 1 aromatic rings. The van der Waals surface area contributed by atoms with Crippen molar-refractivity contribution in [1.29, 1.82) is 0 Å². The Kier molecular flexibility index (Phi) is 4.39. The van der Waals surface area contributed by atoms with Gasteiger partial charge in [0.05, 0.1) is 6.54 Å². The Hall–Kier alpha value is -1.50. The van der Waals surface area contributed by atoms with Crippen molar-refractivity contribution in [3.05, 3.63) is 23.2 Å². The normalized spacial score (nSPS) is 12.1. The summed E-state index contributed by atoms with van der Waals surface area (Å²) < 4.78 is 41.8. The van der Waals surface area contributed by atoms with Gasteiger partial charge >= 0.3 is 12.1 Å². The molecule has 0 aliphatic carbocycles. The summed E-state index contributed by atoms with van der Waals surface area (Å²) in [4.78, 5) is 11.8. The van der Waals surface area contributed by atoms with Crippen molar-refractivity contribution in [2.45, 2.75) is 26.6 Å². The number of hydrogen-bond donors (Lipinski definition) is 1. The third-order valence-electron chi connectivity index (χ3n) is 2.48. The van der Waals surface area contributed by atoms with Gasteiger partial charge in [-0.15, -0.1) is 0 Å². The largest absolute Gasteiger partial charge is 0.475 e. The molecule has 0 aliphatic heterocycles. The van der Waals surface area contributed by atoms with Gasteiger partial charge in [-0.25, -0.2) is 4.79 Å². The Morgan fingerprint density at radius 3 is 2.50 bits per heavy atom. The average molecular weight is 265 g/mol. The lowest BCUT2D eigenvalue weighted by molar-refractivity contribution is -0.146. The molecule has 0 aliphatic rings. The van der Waals surface area contributed by atoms with Crippen LogP contribution in [0.15, 0.2) is 10.5 Å². The zero-order chi connectivity index (χ0) is 13.9. The van der Waals surface area contributed by atoms with Gasteiger partial charge in [0.2, 0.25) is 5.76 Å². The Balaban J connectivity index is 2.79. The molecule has 0 saturated carbocycles. The van der Waals surface area contributed by atoms with Crippen molar-refractivity contribution in [1.82, 2.24) is 4.90 Å². The SMILES string of the molecule is CCN(Cc1cc(C(=O)O)oc1C)CC(F)(F)F. The van der Waals surface area contributed by atoms with E-state index in [9.17, 15) is 18.0 Å². The van der Waals surface area contributed by atoms with Crippen LogP contribution in [0.1, 0.15) is 28.8 Å². The average Bonchev–Trinajstić information content (AvgIpc) is 2.57. The van der Waals surface area contributed by atoms with Gasteiger partial charge in [0.1, 0.15) is 5.76 Å². The molecule has 0 radical (unpaired) electrons. The molecule has 7 heteroatoms. The molecule has 0 amide bonds. The third-order valence-corrected chi connectivity index (χ3v) is 2.48. The first-order valence-corrected chi connectivity index (χ1v) is 5.34. The molecular formula is C11H14F3NO3. The molecule has 1 aromatic heterocycles. The number of carbonyl (C=O) groups is 1. The summed E-state index contributed by atoms with van der Waals surface area (Å²) >= 11 is 0. The maximum atomic E-state index is 12.3. The predicted octanol–water partition coefficient (Wildman–Crippen LogP) is 2.67. The molecule has 18 heavy (non-hydrogen) atoms. The maximum absolute atomic E-state index is 12.3. The number of halogens is 3. The van der Waals surface area contributed by atoms with Gasteiger partial charge in [0.15, 0.2) is 0 Å². The van der Waals surface area contributed by atoms with E-state index in [1.165, 1.54) is 17.9 Å². The van der Waals surface area contributed by atoms with Crippen LogP contribution in [0.2, 0.25) is 0 Å². The standard InChI is InChI=1S/C11H14F3NO3/c1-3-15(6-11(12,13)14)5-8-4-9(10(16)17)18-7(8)2/h4H,3,5-6H2,1-2H3,(H,16,17). The molecule has 0 spiro atoms. The first-order valence-electron chi connectivity index (χ1n) is 5.34. The van der Waals surface area contributed by atoms with Gasteiger partial charge in [0.25, 0.3) is 0 Å². The van der Waals surface area contributed by atoms with Crippen LogP contribution < -0.4 is 0 Å². The van der Waals surface area contributed by atoms with Crippen molar-refractivity contribution in [2.24, 2.45) is 0 Å². The minimum Gasteiger partial charge on any atom is -0.475 e. The number of alkyl halides is 3. The fourth-order valence-electron chi connectivity index (χ4n) is 1.56. The molecular weight excluding hydrogens is 251 g/mol. The molecule has 4 nitrogen and oxygen atoms in total. The zero-order valence-electron chi connectivity index (χ0n) is 10.0. The second-order valence-electron chi connectivity index (χ2n) is 3.92. The zero-order valence-corrected chi connectivity index (χ0v) is 10.0. The van der Waals surface area contributed by atoms with E-state index in [0.717, 1.165) is 0 Å². The molecule has 1 heterocycles. The summed E-state index contributed by atoms with van der Waals surface area (Å²) in [6, 6.07) is 1.26. The molecule has 102 valence electrons. The highest BCUT2D eigenvalue weighted by Gasteiger charge is 2.30. The summed E-state index contributed by atoms with van der Waals surface area (Å²) in [7, 11) is 0. The fourth-order valence-corrected chi connectivity index (χ4v) is 1.56. The van der Waals surface area contributed by atoms with E-state index in [2.05, 4.69) is 0 Å². The molecule has 1 rings (SSSR count). The van der Waals surface area contributed by atoms with Crippen LogP contribution in [0.3, 0.4) is 0 Å². The minimum absolute atomic E-state index is 0.0125. The maximum Gasteiger partial charge on any atom is 0.401 e. The summed E-state index contributed by atoms with van der Waals surface area (Å²) in [5.41, 5.74) is 0.457. The number of hydrogen-bond acceptors (Lipinski definition) is 3. The second-order valence-corrected chi connectivity index (χ2v) is 3.92. The van der Waals surface area contributed by atoms with Crippen LogP contribution in [0.25, 0.3) is 0 Å². The molecule has 0 fully saturated rings. The first-order chi connectivity index (χ1) is 8.23. The predicted molar refractivity (Wildman–Crippen MR) is 57.4 cm³/mol. The number of carboxylic acid groups (broad SMARTS) is 1. The molecule has 0 bridgehead atoms. The lowest BCUT2D eigenvalue weighted by Gasteiger charge is -2.21. The number of carboxylic acids is 1. The van der Waals surface area contributed by atoms with Crippen LogP contribution >= 0.6 is 0 Å². The van der Waals surface area contributed by atoms with Crippen molar-refractivity contribution in [2.75, 3.05) is 13.1 Å². The second kappa shape index (κ2) is 5.43. The van der Waals surface area contributed by atoms with Crippen molar-refractivity contribution >= 4 is 5.97 Å². The highest BCUT2D eigenvalue weighted by molar-refractivity contribution is 5.84. The first kappa shape index (κ1) is 14.6. The number of aromatic carboxylic acids is 1. The summed E-state index contributed by atoms with van der Waals surface area (Å²) in [5.74, 6) is -1.16. The fraction of sp³-hybridized carbons (Fsp3) is 0.545. The number of rotatable bonds is 5. The monoisotopic (exact) mass is 265 g/mol. The van der Waals surface area contributed by atoms with Gasteiger partial charge in [0, 0.05) is 12.1 Å². The minimum atomic E-state index is -4.27. The Morgan fingerprint density at radius 2 is 2.11 bits per heavy atom. The van der Waals surface area contributed by atoms with Gasteiger partial charge in [-0.2, -0.15) is 13.2 Å². The highest BCUT2D eigenvalue weighted by Crippen LogP contribution is 2.21. The number of nitrogens with zero attached hydrogens (tertiary/aromatic N) is 1. The summed E-state index contributed by atoms with van der Waals surface area (Å²) in [5, 5.41) is 8.71. The van der Waals surface area contributed by atoms with Crippen molar-refractivity contribution in [3.63, 3.8) is 0 Å². The third kappa shape index (κ3) is 4.06. The molecule has 0 saturated heterocycles. The number of furan rings is 1. The Labute approximate surface area is 102 Å². The lowest BCUT2D eigenvalue weighted by atomic mass is 10.2. The lowest BCUT2D eigenvalue weighted by Crippen LogP contribution is -2.33. The van der Waals surface area contributed by atoms with Gasteiger partial charge in [-0.3, -0.25) is 4.90 Å². The summed E-state index contributed by atoms with van der Waals surface area (Å²) in [6.07, 6.45) is -4.27. The van der Waals surface area contributed by atoms with Crippen LogP contribution in [0.4, 0.5) is 13.2 Å². The van der Waals surface area contributed by atoms with Gasteiger partial charge in [-0.1, -0.05) is 6.92 Å². The van der Waals surface area contributed by atoms with E-state index < -0.39 is 18.7 Å². The van der Waals surface area contributed by atoms with Crippen molar-refractivity contribution < 1.29 is 27.5 Å². The van der Waals surface area contributed by atoms with Crippen LogP contribution in [0.5, 0.6) is 0 Å². The number of aryl methyl sites for hydroxylation is 1. The van der Waals surface area contributed by atoms with E-state index in [1.54, 1.807) is 6.92 Å². The van der Waals surface area contributed by atoms with E-state index >= 15 is 0 Å². The van der Waals surface area contributed by atoms with Crippen molar-refractivity contribution in [3.8, 4) is 0 Å². The van der Waals surface area contributed by atoms with Crippen LogP contribution in [0, 0.1) is 6.92 Å². The van der Waals surface area contributed by atoms with Gasteiger partial charge in [-0.05, 0) is 19.5 Å². The van der Waals surface area contributed by atoms with E-state index in [0.29, 0.717) is 11.3 Å². The Morgan fingerprint density at radius 1 is 1.50 bits per heavy atom. The van der Waals surface area contributed by atoms with E-state index in [4.69, 9.17) is 9.52 Å². The molecule has 0 aromatic carbocycles. The quantitative estimate of drug-likeness (QED) is 0.889. The Bertz CT molecular complexity index is 426. The molecule has 1 N–H and O–H groups in total. The highest BCUT2D eigenvalue weighted by atomic mass is 19.4. The smallest absolute Gasteiger partial charge is 0.401 e. The molecule has 0 atom stereocenters.